The van der Waals surface area contributed by atoms with Gasteiger partial charge in [-0.1, -0.05) is 18.1 Å². The lowest BCUT2D eigenvalue weighted by atomic mass is 9.95. The fourth-order valence-electron chi connectivity index (χ4n) is 5.11. The molecule has 1 saturated heterocycles. The standard InChI is InChI=1S/C26H30N6O3/c1-17(33)27-20-7-9-21(10-8-20)28-25(34)18-12-14-31(15-13-18)26(35)19-6-11-24-23(16-19)29-30-32(24)22-4-2-3-5-22/h6-11,16,18,22H,2-5,12-15H2,1H3,(H,27,33)(H,28,34). The number of nitrogens with one attached hydrogen (secondary N) is 2. The van der Waals surface area contributed by atoms with Crippen LogP contribution in [0.2, 0.25) is 0 Å². The summed E-state index contributed by atoms with van der Waals surface area (Å²) < 4.78 is 2.01. The lowest BCUT2D eigenvalue weighted by Crippen LogP contribution is -2.41. The number of aromatic nitrogens is 3. The van der Waals surface area contributed by atoms with Crippen molar-refractivity contribution in [3.8, 4) is 0 Å². The number of carbonyl (C=O) groups excluding carboxylic acids is 3. The molecule has 2 fully saturated rings. The molecule has 5 rings (SSSR count). The number of rotatable bonds is 5. The second-order valence-electron chi connectivity index (χ2n) is 9.49. The van der Waals surface area contributed by atoms with E-state index < -0.39 is 0 Å². The zero-order valence-electron chi connectivity index (χ0n) is 19.9. The van der Waals surface area contributed by atoms with Crippen LogP contribution >= 0.6 is 0 Å². The summed E-state index contributed by atoms with van der Waals surface area (Å²) in [5.74, 6) is -0.370. The summed E-state index contributed by atoms with van der Waals surface area (Å²) in [7, 11) is 0. The quantitative estimate of drug-likeness (QED) is 0.581. The van der Waals surface area contributed by atoms with Crippen LogP contribution in [0.25, 0.3) is 11.0 Å². The SMILES string of the molecule is CC(=O)Nc1ccc(NC(=O)C2CCN(C(=O)c3ccc4c(c3)nnn4C3CCCC3)CC2)cc1. The Kier molecular flexibility index (Phi) is 6.48. The summed E-state index contributed by atoms with van der Waals surface area (Å²) in [5, 5.41) is 14.3. The van der Waals surface area contributed by atoms with Crippen LogP contribution in [0.5, 0.6) is 0 Å². The topological polar surface area (TPSA) is 109 Å². The number of benzene rings is 2. The van der Waals surface area contributed by atoms with Gasteiger partial charge < -0.3 is 15.5 Å². The van der Waals surface area contributed by atoms with Gasteiger partial charge in [-0.15, -0.1) is 5.10 Å². The van der Waals surface area contributed by atoms with E-state index >= 15 is 0 Å². The Hall–Kier alpha value is -3.75. The van der Waals surface area contributed by atoms with Crippen molar-refractivity contribution in [2.75, 3.05) is 23.7 Å². The third-order valence-corrected chi connectivity index (χ3v) is 7.01. The van der Waals surface area contributed by atoms with E-state index in [1.807, 2.05) is 27.8 Å². The Labute approximate surface area is 203 Å². The number of amides is 3. The van der Waals surface area contributed by atoms with Crippen molar-refractivity contribution >= 4 is 40.1 Å². The minimum atomic E-state index is -0.150. The first kappa shape index (κ1) is 23.0. The van der Waals surface area contributed by atoms with E-state index in [1.54, 1.807) is 24.3 Å². The Morgan fingerprint density at radius 2 is 1.54 bits per heavy atom. The average molecular weight is 475 g/mol. The molecule has 9 heteroatoms. The number of carbonyl (C=O) groups is 3. The number of nitrogens with zero attached hydrogens (tertiary/aromatic N) is 4. The van der Waals surface area contributed by atoms with Gasteiger partial charge in [0.05, 0.1) is 11.6 Å². The highest BCUT2D eigenvalue weighted by atomic mass is 16.2. The maximum Gasteiger partial charge on any atom is 0.253 e. The molecule has 1 saturated carbocycles. The molecule has 0 bridgehead atoms. The fourth-order valence-corrected chi connectivity index (χ4v) is 5.11. The van der Waals surface area contributed by atoms with Crippen molar-refractivity contribution in [1.82, 2.24) is 19.9 Å². The van der Waals surface area contributed by atoms with Crippen LogP contribution in [0.3, 0.4) is 0 Å². The second-order valence-corrected chi connectivity index (χ2v) is 9.49. The van der Waals surface area contributed by atoms with Gasteiger partial charge in [-0.25, -0.2) is 4.68 Å². The van der Waals surface area contributed by atoms with Crippen LogP contribution in [0, 0.1) is 5.92 Å². The number of hydrogen-bond acceptors (Lipinski definition) is 5. The van der Waals surface area contributed by atoms with Crippen LogP contribution in [0.15, 0.2) is 42.5 Å². The molecule has 2 aromatic carbocycles. The number of hydrogen-bond donors (Lipinski definition) is 2. The van der Waals surface area contributed by atoms with Gasteiger partial charge in [-0.05, 0) is 68.1 Å². The molecule has 1 aliphatic carbocycles. The van der Waals surface area contributed by atoms with Gasteiger partial charge in [-0.2, -0.15) is 0 Å². The predicted molar refractivity (Wildman–Crippen MR) is 133 cm³/mol. The van der Waals surface area contributed by atoms with Gasteiger partial charge in [0, 0.05) is 42.9 Å². The molecule has 0 atom stereocenters. The fraction of sp³-hybridized carbons (Fsp3) is 0.423. The van der Waals surface area contributed by atoms with E-state index in [4.69, 9.17) is 0 Å². The molecule has 35 heavy (non-hydrogen) atoms. The van der Waals surface area contributed by atoms with E-state index in [0.717, 1.165) is 23.9 Å². The average Bonchev–Trinajstić information content (AvgIpc) is 3.54. The normalized spacial score (nSPS) is 17.0. The molecule has 1 aromatic heterocycles. The second kappa shape index (κ2) is 9.85. The van der Waals surface area contributed by atoms with Crippen LogP contribution in [-0.4, -0.2) is 50.7 Å². The number of fused-ring (bicyclic) bond motifs is 1. The van der Waals surface area contributed by atoms with Crippen molar-refractivity contribution < 1.29 is 14.4 Å². The van der Waals surface area contributed by atoms with E-state index in [-0.39, 0.29) is 23.6 Å². The molecule has 0 radical (unpaired) electrons. The van der Waals surface area contributed by atoms with Gasteiger partial charge in [0.25, 0.3) is 5.91 Å². The predicted octanol–water partition coefficient (Wildman–Crippen LogP) is 4.00. The minimum absolute atomic E-state index is 0.0327. The Morgan fingerprint density at radius 1 is 0.886 bits per heavy atom. The zero-order chi connectivity index (χ0) is 24.4. The first-order valence-corrected chi connectivity index (χ1v) is 12.3. The molecule has 1 aliphatic heterocycles. The lowest BCUT2D eigenvalue weighted by molar-refractivity contribution is -0.121. The number of anilines is 2. The molecule has 3 amide bonds. The van der Waals surface area contributed by atoms with Gasteiger partial charge >= 0.3 is 0 Å². The Bertz CT molecular complexity index is 1240. The van der Waals surface area contributed by atoms with Crippen LogP contribution in [0.4, 0.5) is 11.4 Å². The number of likely N-dealkylation sites (tertiary alicyclic amines) is 1. The van der Waals surface area contributed by atoms with E-state index in [9.17, 15) is 14.4 Å². The van der Waals surface area contributed by atoms with Crippen molar-refractivity contribution in [1.29, 1.82) is 0 Å². The Morgan fingerprint density at radius 3 is 2.20 bits per heavy atom. The van der Waals surface area contributed by atoms with Gasteiger partial charge in [-0.3, -0.25) is 14.4 Å². The van der Waals surface area contributed by atoms with Crippen LogP contribution in [-0.2, 0) is 9.59 Å². The van der Waals surface area contributed by atoms with Crippen molar-refractivity contribution in [3.63, 3.8) is 0 Å². The summed E-state index contributed by atoms with van der Waals surface area (Å²) in [4.78, 5) is 38.8. The highest BCUT2D eigenvalue weighted by Crippen LogP contribution is 2.31. The highest BCUT2D eigenvalue weighted by molar-refractivity contribution is 5.98. The van der Waals surface area contributed by atoms with Crippen LogP contribution < -0.4 is 10.6 Å². The van der Waals surface area contributed by atoms with Gasteiger partial charge in [0.1, 0.15) is 5.52 Å². The molecule has 2 heterocycles. The van der Waals surface area contributed by atoms with Gasteiger partial charge in [0.2, 0.25) is 11.8 Å². The largest absolute Gasteiger partial charge is 0.339 e. The minimum Gasteiger partial charge on any atom is -0.339 e. The molecule has 9 nitrogen and oxygen atoms in total. The molecule has 0 unspecified atom stereocenters. The van der Waals surface area contributed by atoms with Crippen molar-refractivity contribution in [3.05, 3.63) is 48.0 Å². The molecule has 2 aliphatic rings. The van der Waals surface area contributed by atoms with E-state index in [2.05, 4.69) is 20.9 Å². The molecular formula is C26H30N6O3. The number of piperidine rings is 1. The maximum atomic E-state index is 13.1. The summed E-state index contributed by atoms with van der Waals surface area (Å²) in [5.41, 5.74) is 3.71. The molecule has 182 valence electrons. The van der Waals surface area contributed by atoms with E-state index in [1.165, 1.54) is 19.8 Å². The zero-order valence-corrected chi connectivity index (χ0v) is 19.9. The summed E-state index contributed by atoms with van der Waals surface area (Å²) >= 11 is 0. The summed E-state index contributed by atoms with van der Waals surface area (Å²) in [6, 6.07) is 13.1. The third-order valence-electron chi connectivity index (χ3n) is 7.01. The van der Waals surface area contributed by atoms with Crippen LogP contribution in [0.1, 0.15) is 61.8 Å². The third kappa shape index (κ3) is 5.03. The summed E-state index contributed by atoms with van der Waals surface area (Å²) in [6.07, 6.45) is 5.93. The smallest absolute Gasteiger partial charge is 0.253 e. The van der Waals surface area contributed by atoms with Crippen molar-refractivity contribution in [2.24, 2.45) is 5.92 Å². The molecule has 0 spiro atoms. The monoisotopic (exact) mass is 474 g/mol. The first-order valence-electron chi connectivity index (χ1n) is 12.3. The molecular weight excluding hydrogens is 444 g/mol. The van der Waals surface area contributed by atoms with Gasteiger partial charge in [0.15, 0.2) is 0 Å². The van der Waals surface area contributed by atoms with Crippen molar-refractivity contribution in [2.45, 2.75) is 51.5 Å². The molecule has 2 N–H and O–H groups in total. The Balaban J connectivity index is 1.17. The first-order chi connectivity index (χ1) is 17.0. The van der Waals surface area contributed by atoms with E-state index in [0.29, 0.717) is 48.9 Å². The molecule has 3 aromatic rings. The lowest BCUT2D eigenvalue weighted by Gasteiger charge is -2.31. The maximum absolute atomic E-state index is 13.1. The highest BCUT2D eigenvalue weighted by Gasteiger charge is 2.28. The summed E-state index contributed by atoms with van der Waals surface area (Å²) in [6.45, 7) is 2.52.